The molecule has 1 fully saturated rings. The number of pyridine rings is 1. The quantitative estimate of drug-likeness (QED) is 0.462. The molecule has 182 valence electrons. The summed E-state index contributed by atoms with van der Waals surface area (Å²) in [5.41, 5.74) is 5.55. The molecule has 1 atom stereocenters. The lowest BCUT2D eigenvalue weighted by atomic mass is 10.0. The van der Waals surface area contributed by atoms with Gasteiger partial charge in [-0.15, -0.1) is 0 Å². The molecule has 0 radical (unpaired) electrons. The largest absolute Gasteiger partial charge is 0.497 e. The zero-order chi connectivity index (χ0) is 24.4. The lowest BCUT2D eigenvalue weighted by molar-refractivity contribution is 0.0186. The van der Waals surface area contributed by atoms with Gasteiger partial charge in [0.15, 0.2) is 0 Å². The van der Waals surface area contributed by atoms with Gasteiger partial charge in [0, 0.05) is 48.2 Å². The third-order valence-corrected chi connectivity index (χ3v) is 6.43. The normalized spacial score (nSPS) is 15.5. The van der Waals surface area contributed by atoms with Crippen molar-refractivity contribution in [3.05, 3.63) is 53.3 Å². The van der Waals surface area contributed by atoms with Crippen molar-refractivity contribution in [2.45, 2.75) is 39.8 Å². The number of aromatic nitrogens is 1. The zero-order valence-electron chi connectivity index (χ0n) is 20.9. The van der Waals surface area contributed by atoms with Crippen molar-refractivity contribution in [1.82, 2.24) is 9.30 Å². The van der Waals surface area contributed by atoms with E-state index in [1.807, 2.05) is 45.0 Å². The number of methoxy groups -OCH3 is 2. The van der Waals surface area contributed by atoms with E-state index < -0.39 is 0 Å². The Labute approximate surface area is 201 Å². The summed E-state index contributed by atoms with van der Waals surface area (Å²) in [6, 6.07) is 9.95. The number of hydrogen-bond donors (Lipinski definition) is 0. The van der Waals surface area contributed by atoms with Crippen LogP contribution in [0.5, 0.6) is 11.5 Å². The number of carbonyl (C=O) groups excluding carboxylic acids is 1. The molecule has 7 heteroatoms. The van der Waals surface area contributed by atoms with E-state index in [4.69, 9.17) is 18.9 Å². The molecular formula is C27H34N2O5. The molecule has 3 heterocycles. The van der Waals surface area contributed by atoms with Gasteiger partial charge in [-0.25, -0.2) is 4.79 Å². The predicted molar refractivity (Wildman–Crippen MR) is 132 cm³/mol. The van der Waals surface area contributed by atoms with Gasteiger partial charge in [-0.3, -0.25) is 4.90 Å². The van der Waals surface area contributed by atoms with E-state index in [0.29, 0.717) is 18.8 Å². The van der Waals surface area contributed by atoms with Crippen molar-refractivity contribution in [1.29, 1.82) is 0 Å². The molecule has 1 saturated heterocycles. The molecule has 2 aromatic heterocycles. The molecule has 0 saturated carbocycles. The van der Waals surface area contributed by atoms with Gasteiger partial charge in [-0.2, -0.15) is 0 Å². The van der Waals surface area contributed by atoms with Crippen LogP contribution >= 0.6 is 0 Å². The first kappa shape index (κ1) is 24.1. The fraction of sp³-hybridized carbons (Fsp3) is 0.444. The number of nitrogens with zero attached hydrogens (tertiary/aromatic N) is 2. The second-order valence-corrected chi connectivity index (χ2v) is 8.97. The molecule has 0 N–H and O–H groups in total. The van der Waals surface area contributed by atoms with E-state index in [1.165, 1.54) is 0 Å². The third kappa shape index (κ3) is 4.76. The van der Waals surface area contributed by atoms with Crippen LogP contribution in [0.1, 0.15) is 48.4 Å². The van der Waals surface area contributed by atoms with Crippen LogP contribution in [0.2, 0.25) is 0 Å². The van der Waals surface area contributed by atoms with Crippen LogP contribution in [0.3, 0.4) is 0 Å². The first-order valence-corrected chi connectivity index (χ1v) is 11.7. The Bertz CT molecular complexity index is 1160. The molecule has 0 spiro atoms. The summed E-state index contributed by atoms with van der Waals surface area (Å²) < 4.78 is 24.3. The van der Waals surface area contributed by atoms with Crippen molar-refractivity contribution in [2.24, 2.45) is 0 Å². The minimum Gasteiger partial charge on any atom is -0.497 e. The first-order valence-electron chi connectivity index (χ1n) is 11.7. The number of morpholine rings is 1. The standard InChI is InChI=1S/C27H34N2O5/c1-17(2)34-27(30)25-14-22-11-21(20-12-23(31-5)15-24(13-20)32-6)16-29(22)26(18(25)3)19(4)28-7-9-33-10-8-28/h11-17,19H,7-10H2,1-6H3. The summed E-state index contributed by atoms with van der Waals surface area (Å²) in [6.07, 6.45) is 1.94. The molecule has 1 aliphatic heterocycles. The second kappa shape index (κ2) is 10.1. The van der Waals surface area contributed by atoms with Gasteiger partial charge in [-0.1, -0.05) is 0 Å². The first-order chi connectivity index (χ1) is 16.3. The van der Waals surface area contributed by atoms with E-state index >= 15 is 0 Å². The number of esters is 1. The molecule has 1 aromatic carbocycles. The Morgan fingerprint density at radius 2 is 1.59 bits per heavy atom. The van der Waals surface area contributed by atoms with E-state index in [1.54, 1.807) is 14.2 Å². The van der Waals surface area contributed by atoms with Gasteiger partial charge in [-0.05, 0) is 63.1 Å². The Morgan fingerprint density at radius 3 is 2.18 bits per heavy atom. The van der Waals surface area contributed by atoms with Crippen LogP contribution < -0.4 is 9.47 Å². The maximum atomic E-state index is 13.0. The second-order valence-electron chi connectivity index (χ2n) is 8.97. The van der Waals surface area contributed by atoms with Crippen molar-refractivity contribution >= 4 is 11.5 Å². The molecule has 0 bridgehead atoms. The Balaban J connectivity index is 1.89. The SMILES string of the molecule is COc1cc(OC)cc(-c2cc3cc(C(=O)OC(C)C)c(C)c(C(C)N4CCOCC4)n3c2)c1. The van der Waals surface area contributed by atoms with Crippen molar-refractivity contribution in [3.63, 3.8) is 0 Å². The number of rotatable bonds is 7. The van der Waals surface area contributed by atoms with Crippen LogP contribution in [0.4, 0.5) is 0 Å². The lowest BCUT2D eigenvalue weighted by Crippen LogP contribution is -2.39. The molecule has 34 heavy (non-hydrogen) atoms. The van der Waals surface area contributed by atoms with E-state index in [2.05, 4.69) is 28.5 Å². The van der Waals surface area contributed by atoms with Crippen LogP contribution in [0.25, 0.3) is 16.6 Å². The summed E-state index contributed by atoms with van der Waals surface area (Å²) in [4.78, 5) is 15.4. The Morgan fingerprint density at radius 1 is 0.941 bits per heavy atom. The fourth-order valence-corrected chi connectivity index (χ4v) is 4.65. The molecule has 0 amide bonds. The number of hydrogen-bond acceptors (Lipinski definition) is 6. The molecule has 1 aliphatic rings. The number of benzene rings is 1. The van der Waals surface area contributed by atoms with Gasteiger partial charge >= 0.3 is 5.97 Å². The summed E-state index contributed by atoms with van der Waals surface area (Å²) >= 11 is 0. The number of ether oxygens (including phenoxy) is 4. The third-order valence-electron chi connectivity index (χ3n) is 6.43. The average Bonchev–Trinajstić information content (AvgIpc) is 3.26. The summed E-state index contributed by atoms with van der Waals surface area (Å²) in [5, 5.41) is 0. The van der Waals surface area contributed by atoms with Crippen molar-refractivity contribution < 1.29 is 23.7 Å². The maximum absolute atomic E-state index is 13.0. The maximum Gasteiger partial charge on any atom is 0.338 e. The van der Waals surface area contributed by atoms with E-state index in [-0.39, 0.29) is 18.1 Å². The van der Waals surface area contributed by atoms with E-state index in [0.717, 1.165) is 52.5 Å². The van der Waals surface area contributed by atoms with Gasteiger partial charge in [0.2, 0.25) is 0 Å². The fourth-order valence-electron chi connectivity index (χ4n) is 4.65. The highest BCUT2D eigenvalue weighted by molar-refractivity contribution is 5.93. The summed E-state index contributed by atoms with van der Waals surface area (Å²) in [6.45, 7) is 11.1. The smallest absolute Gasteiger partial charge is 0.338 e. The molecular weight excluding hydrogens is 432 g/mol. The Kier molecular flexibility index (Phi) is 7.14. The van der Waals surface area contributed by atoms with Crippen LogP contribution in [-0.2, 0) is 9.47 Å². The predicted octanol–water partition coefficient (Wildman–Crippen LogP) is 4.89. The molecule has 7 nitrogen and oxygen atoms in total. The highest BCUT2D eigenvalue weighted by Crippen LogP contribution is 2.35. The summed E-state index contributed by atoms with van der Waals surface area (Å²) in [5.74, 6) is 1.16. The minimum absolute atomic E-state index is 0.0956. The van der Waals surface area contributed by atoms with Crippen molar-refractivity contribution in [3.8, 4) is 22.6 Å². The monoisotopic (exact) mass is 466 g/mol. The molecule has 1 unspecified atom stereocenters. The minimum atomic E-state index is -0.295. The van der Waals surface area contributed by atoms with Gasteiger partial charge in [0.25, 0.3) is 0 Å². The van der Waals surface area contributed by atoms with Crippen LogP contribution in [0.15, 0.2) is 36.5 Å². The Hall–Kier alpha value is -3.03. The number of carbonyl (C=O) groups is 1. The zero-order valence-corrected chi connectivity index (χ0v) is 20.9. The van der Waals surface area contributed by atoms with Gasteiger partial charge in [0.1, 0.15) is 11.5 Å². The van der Waals surface area contributed by atoms with Crippen LogP contribution in [-0.4, -0.2) is 61.9 Å². The van der Waals surface area contributed by atoms with Crippen molar-refractivity contribution in [2.75, 3.05) is 40.5 Å². The van der Waals surface area contributed by atoms with Gasteiger partial charge < -0.3 is 23.3 Å². The summed E-state index contributed by atoms with van der Waals surface area (Å²) in [7, 11) is 3.29. The average molecular weight is 467 g/mol. The van der Waals surface area contributed by atoms with Crippen LogP contribution in [0, 0.1) is 6.92 Å². The highest BCUT2D eigenvalue weighted by atomic mass is 16.5. The van der Waals surface area contributed by atoms with Gasteiger partial charge in [0.05, 0.1) is 39.1 Å². The molecule has 4 rings (SSSR count). The molecule has 0 aliphatic carbocycles. The van der Waals surface area contributed by atoms with E-state index in [9.17, 15) is 4.79 Å². The topological polar surface area (TPSA) is 61.6 Å². The molecule has 3 aromatic rings. The lowest BCUT2D eigenvalue weighted by Gasteiger charge is -2.34. The highest BCUT2D eigenvalue weighted by Gasteiger charge is 2.26. The number of fused-ring (bicyclic) bond motifs is 1.